The lowest BCUT2D eigenvalue weighted by atomic mass is 9.97. The predicted molar refractivity (Wildman–Crippen MR) is 89.5 cm³/mol. The molecule has 24 heavy (non-hydrogen) atoms. The maximum absolute atomic E-state index is 12.9. The first kappa shape index (κ1) is 17.0. The van der Waals surface area contributed by atoms with Crippen LogP contribution in [0.15, 0.2) is 48.5 Å². The highest BCUT2D eigenvalue weighted by Gasteiger charge is 2.36. The van der Waals surface area contributed by atoms with E-state index in [4.69, 9.17) is 4.74 Å². The number of fused-ring (bicyclic) bond motifs is 3. The number of quaternary nitrogens is 1. The molecule has 1 aliphatic heterocycles. The maximum Gasteiger partial charge on any atom is 0.318 e. The average Bonchev–Trinajstić information content (AvgIpc) is 2.91. The number of halogens is 1. The first-order chi connectivity index (χ1) is 11.2. The first-order valence-corrected chi connectivity index (χ1v) is 8.44. The SMILES string of the molecule is C[NH+]1CCC(OC(=O)C2c3ccccc3-c3ccccc32)CC1.[Cl-]. The largest absolute Gasteiger partial charge is 1.00 e. The van der Waals surface area contributed by atoms with Gasteiger partial charge in [-0.2, -0.15) is 0 Å². The summed E-state index contributed by atoms with van der Waals surface area (Å²) in [6, 6.07) is 16.4. The molecule has 1 fully saturated rings. The van der Waals surface area contributed by atoms with Crippen LogP contribution < -0.4 is 17.3 Å². The maximum atomic E-state index is 12.9. The van der Waals surface area contributed by atoms with Gasteiger partial charge in [-0.25, -0.2) is 0 Å². The summed E-state index contributed by atoms with van der Waals surface area (Å²) in [7, 11) is 2.20. The van der Waals surface area contributed by atoms with Crippen LogP contribution in [0.3, 0.4) is 0 Å². The van der Waals surface area contributed by atoms with Gasteiger partial charge in [-0.15, -0.1) is 0 Å². The zero-order valence-corrected chi connectivity index (χ0v) is 14.6. The number of likely N-dealkylation sites (tertiary alicyclic amines) is 1. The number of nitrogens with one attached hydrogen (secondary N) is 1. The van der Waals surface area contributed by atoms with Crippen LogP contribution in [0, 0.1) is 0 Å². The van der Waals surface area contributed by atoms with Gasteiger partial charge in [-0.3, -0.25) is 4.79 Å². The van der Waals surface area contributed by atoms with Crippen molar-refractivity contribution in [2.75, 3.05) is 20.1 Å². The van der Waals surface area contributed by atoms with E-state index >= 15 is 0 Å². The standard InChI is InChI=1S/C20H21NO2.ClH/c1-21-12-10-14(11-13-21)23-20(22)19-17-8-4-2-6-15(17)16-7-3-5-9-18(16)19;/h2-9,14,19H,10-13H2,1H3;1H. The van der Waals surface area contributed by atoms with E-state index in [0.717, 1.165) is 48.2 Å². The molecule has 4 heteroatoms. The van der Waals surface area contributed by atoms with E-state index in [-0.39, 0.29) is 30.4 Å². The number of carbonyl (C=O) groups excluding carboxylic acids is 1. The third kappa shape index (κ3) is 2.94. The van der Waals surface area contributed by atoms with Gasteiger partial charge in [-0.05, 0) is 22.3 Å². The lowest BCUT2D eigenvalue weighted by Gasteiger charge is -2.27. The van der Waals surface area contributed by atoms with Gasteiger partial charge in [0.2, 0.25) is 0 Å². The number of esters is 1. The molecule has 0 radical (unpaired) electrons. The second kappa shape index (κ2) is 6.96. The van der Waals surface area contributed by atoms with Crippen LogP contribution in [-0.4, -0.2) is 32.2 Å². The van der Waals surface area contributed by atoms with Gasteiger partial charge in [-0.1, -0.05) is 48.5 Å². The molecule has 0 aromatic heterocycles. The average molecular weight is 344 g/mol. The third-order valence-electron chi connectivity index (χ3n) is 5.14. The van der Waals surface area contributed by atoms with E-state index in [1.807, 2.05) is 24.3 Å². The predicted octanol–water partition coefficient (Wildman–Crippen LogP) is -0.977. The number of ether oxygens (including phenoxy) is 1. The van der Waals surface area contributed by atoms with E-state index in [9.17, 15) is 4.79 Å². The highest BCUT2D eigenvalue weighted by molar-refractivity contribution is 5.93. The van der Waals surface area contributed by atoms with Crippen LogP contribution in [0.1, 0.15) is 29.9 Å². The fourth-order valence-corrected chi connectivity index (χ4v) is 3.84. The summed E-state index contributed by atoms with van der Waals surface area (Å²) in [6.07, 6.45) is 2.01. The Bertz CT molecular complexity index is 692. The number of hydrogen-bond acceptors (Lipinski definition) is 2. The fourth-order valence-electron chi connectivity index (χ4n) is 3.84. The van der Waals surface area contributed by atoms with Crippen LogP contribution in [0.2, 0.25) is 0 Å². The summed E-state index contributed by atoms with van der Waals surface area (Å²) in [4.78, 5) is 14.4. The molecule has 1 N–H and O–H groups in total. The van der Waals surface area contributed by atoms with Gasteiger partial charge in [0, 0.05) is 12.8 Å². The number of rotatable bonds is 2. The fraction of sp³-hybridized carbons (Fsp3) is 0.350. The molecular formula is C20H22ClNO2. The molecule has 1 saturated heterocycles. The lowest BCUT2D eigenvalue weighted by molar-refractivity contribution is -0.885. The van der Waals surface area contributed by atoms with Crippen molar-refractivity contribution < 1.29 is 26.8 Å². The molecule has 2 aliphatic rings. The molecule has 0 amide bonds. The molecule has 1 heterocycles. The molecule has 4 rings (SSSR count). The summed E-state index contributed by atoms with van der Waals surface area (Å²) >= 11 is 0. The zero-order chi connectivity index (χ0) is 15.8. The van der Waals surface area contributed by atoms with Crippen molar-refractivity contribution in [1.82, 2.24) is 0 Å². The lowest BCUT2D eigenvalue weighted by Crippen LogP contribution is -3.10. The van der Waals surface area contributed by atoms with E-state index in [0.29, 0.717) is 0 Å². The Labute approximate surface area is 149 Å². The summed E-state index contributed by atoms with van der Waals surface area (Å²) in [5.74, 6) is -0.360. The second-order valence-corrected chi connectivity index (χ2v) is 6.70. The molecule has 2 aromatic rings. The van der Waals surface area contributed by atoms with E-state index in [1.165, 1.54) is 4.90 Å². The molecule has 0 atom stereocenters. The van der Waals surface area contributed by atoms with Crippen LogP contribution in [0.4, 0.5) is 0 Å². The Balaban J connectivity index is 0.00000169. The third-order valence-corrected chi connectivity index (χ3v) is 5.14. The Hall–Kier alpha value is -1.84. The van der Waals surface area contributed by atoms with Crippen molar-refractivity contribution in [3.05, 3.63) is 59.7 Å². The molecular weight excluding hydrogens is 322 g/mol. The molecule has 0 bridgehead atoms. The van der Waals surface area contributed by atoms with Crippen molar-refractivity contribution in [2.24, 2.45) is 0 Å². The molecule has 2 aromatic carbocycles. The van der Waals surface area contributed by atoms with Gasteiger partial charge in [0.1, 0.15) is 12.0 Å². The smallest absolute Gasteiger partial charge is 0.318 e. The number of benzene rings is 2. The van der Waals surface area contributed by atoms with Crippen LogP contribution in [0.25, 0.3) is 11.1 Å². The number of piperidine rings is 1. The molecule has 0 unspecified atom stereocenters. The van der Waals surface area contributed by atoms with Crippen LogP contribution in [-0.2, 0) is 9.53 Å². The summed E-state index contributed by atoms with van der Waals surface area (Å²) in [6.45, 7) is 2.16. The minimum absolute atomic E-state index is 0. The highest BCUT2D eigenvalue weighted by atomic mass is 35.5. The van der Waals surface area contributed by atoms with E-state index in [1.54, 1.807) is 0 Å². The van der Waals surface area contributed by atoms with Crippen molar-refractivity contribution in [1.29, 1.82) is 0 Å². The zero-order valence-electron chi connectivity index (χ0n) is 13.8. The Morgan fingerprint density at radius 2 is 1.46 bits per heavy atom. The molecule has 0 spiro atoms. The first-order valence-electron chi connectivity index (χ1n) is 8.44. The Kier molecular flexibility index (Phi) is 4.93. The molecule has 126 valence electrons. The number of carbonyl (C=O) groups is 1. The quantitative estimate of drug-likeness (QED) is 0.711. The normalized spacial score (nSPS) is 22.2. The minimum atomic E-state index is -0.269. The van der Waals surface area contributed by atoms with Crippen molar-refractivity contribution in [3.8, 4) is 11.1 Å². The monoisotopic (exact) mass is 343 g/mol. The van der Waals surface area contributed by atoms with Gasteiger partial charge < -0.3 is 22.0 Å². The van der Waals surface area contributed by atoms with Gasteiger partial charge in [0.25, 0.3) is 0 Å². The summed E-state index contributed by atoms with van der Waals surface area (Å²) in [5, 5.41) is 0. The Morgan fingerprint density at radius 1 is 0.958 bits per heavy atom. The van der Waals surface area contributed by atoms with Crippen molar-refractivity contribution in [3.63, 3.8) is 0 Å². The van der Waals surface area contributed by atoms with Gasteiger partial charge in [0.05, 0.1) is 20.1 Å². The summed E-state index contributed by atoms with van der Waals surface area (Å²) < 4.78 is 5.89. The van der Waals surface area contributed by atoms with Crippen LogP contribution >= 0.6 is 0 Å². The molecule has 1 aliphatic carbocycles. The van der Waals surface area contributed by atoms with E-state index in [2.05, 4.69) is 31.3 Å². The second-order valence-electron chi connectivity index (χ2n) is 6.70. The number of hydrogen-bond donors (Lipinski definition) is 1. The highest BCUT2D eigenvalue weighted by Crippen LogP contribution is 2.45. The van der Waals surface area contributed by atoms with Crippen molar-refractivity contribution >= 4 is 5.97 Å². The topological polar surface area (TPSA) is 30.7 Å². The minimum Gasteiger partial charge on any atom is -1.00 e. The van der Waals surface area contributed by atoms with E-state index < -0.39 is 0 Å². The van der Waals surface area contributed by atoms with Gasteiger partial charge >= 0.3 is 5.97 Å². The van der Waals surface area contributed by atoms with Crippen LogP contribution in [0.5, 0.6) is 0 Å². The van der Waals surface area contributed by atoms with Crippen molar-refractivity contribution in [2.45, 2.75) is 24.9 Å². The summed E-state index contributed by atoms with van der Waals surface area (Å²) in [5.41, 5.74) is 4.49. The molecule has 3 nitrogen and oxygen atoms in total. The molecule has 0 saturated carbocycles. The van der Waals surface area contributed by atoms with Gasteiger partial charge in [0.15, 0.2) is 0 Å². The Morgan fingerprint density at radius 3 is 2.00 bits per heavy atom.